The van der Waals surface area contributed by atoms with Crippen LogP contribution in [0.15, 0.2) is 16.7 Å². The van der Waals surface area contributed by atoms with Crippen molar-refractivity contribution in [3.05, 3.63) is 23.7 Å². The van der Waals surface area contributed by atoms with E-state index in [2.05, 4.69) is 0 Å². The molecule has 0 bridgehead atoms. The SMILES string of the molecule is CC(CO)N(C)Cc1cc(C(=O)NN)co1. The molecule has 1 heterocycles. The molecule has 1 amide bonds. The van der Waals surface area contributed by atoms with E-state index in [1.54, 1.807) is 6.07 Å². The largest absolute Gasteiger partial charge is 0.467 e. The smallest absolute Gasteiger partial charge is 0.268 e. The van der Waals surface area contributed by atoms with Gasteiger partial charge < -0.3 is 9.52 Å². The molecule has 6 heteroatoms. The molecule has 1 atom stereocenters. The zero-order valence-corrected chi connectivity index (χ0v) is 9.43. The lowest BCUT2D eigenvalue weighted by molar-refractivity contribution is 0.0953. The van der Waals surface area contributed by atoms with Gasteiger partial charge in [-0.15, -0.1) is 0 Å². The first-order chi connectivity index (χ1) is 7.58. The van der Waals surface area contributed by atoms with Crippen molar-refractivity contribution in [1.29, 1.82) is 0 Å². The first kappa shape index (κ1) is 12.7. The first-order valence-corrected chi connectivity index (χ1v) is 4.98. The van der Waals surface area contributed by atoms with Gasteiger partial charge >= 0.3 is 0 Å². The maximum absolute atomic E-state index is 11.2. The minimum Gasteiger partial charge on any atom is -0.467 e. The number of aliphatic hydroxyl groups excluding tert-OH is 1. The number of nitrogens with two attached hydrogens (primary N) is 1. The van der Waals surface area contributed by atoms with Gasteiger partial charge in [0.2, 0.25) is 0 Å². The van der Waals surface area contributed by atoms with Crippen LogP contribution in [0.1, 0.15) is 23.0 Å². The summed E-state index contributed by atoms with van der Waals surface area (Å²) in [7, 11) is 1.87. The van der Waals surface area contributed by atoms with Gasteiger partial charge in [-0.1, -0.05) is 0 Å². The van der Waals surface area contributed by atoms with Gasteiger partial charge in [0.1, 0.15) is 12.0 Å². The number of furan rings is 1. The third-order valence-corrected chi connectivity index (χ3v) is 2.47. The second-order valence-electron chi connectivity index (χ2n) is 3.72. The fraction of sp³-hybridized carbons (Fsp3) is 0.500. The fourth-order valence-corrected chi connectivity index (χ4v) is 1.21. The van der Waals surface area contributed by atoms with Crippen molar-refractivity contribution in [2.75, 3.05) is 13.7 Å². The highest BCUT2D eigenvalue weighted by molar-refractivity contribution is 5.93. The maximum atomic E-state index is 11.2. The van der Waals surface area contributed by atoms with Crippen LogP contribution in [0, 0.1) is 0 Å². The van der Waals surface area contributed by atoms with Crippen molar-refractivity contribution < 1.29 is 14.3 Å². The number of likely N-dealkylation sites (N-methyl/N-ethyl adjacent to an activating group) is 1. The number of rotatable bonds is 5. The predicted octanol–water partition coefficient (Wildman–Crippen LogP) is -0.304. The highest BCUT2D eigenvalue weighted by atomic mass is 16.3. The summed E-state index contributed by atoms with van der Waals surface area (Å²) < 4.78 is 5.21. The Hall–Kier alpha value is -1.37. The minimum atomic E-state index is -0.382. The molecule has 4 N–H and O–H groups in total. The summed E-state index contributed by atoms with van der Waals surface area (Å²) in [6, 6.07) is 1.67. The zero-order valence-electron chi connectivity index (χ0n) is 9.43. The Morgan fingerprint density at radius 1 is 1.75 bits per heavy atom. The van der Waals surface area contributed by atoms with Crippen LogP contribution in [0.2, 0.25) is 0 Å². The number of nitrogens with zero attached hydrogens (tertiary/aromatic N) is 1. The molecule has 0 saturated heterocycles. The molecule has 1 rings (SSSR count). The van der Waals surface area contributed by atoms with E-state index < -0.39 is 0 Å². The number of carbonyl (C=O) groups excluding carboxylic acids is 1. The number of hydrogen-bond donors (Lipinski definition) is 3. The predicted molar refractivity (Wildman–Crippen MR) is 58.4 cm³/mol. The molecule has 0 aliphatic heterocycles. The van der Waals surface area contributed by atoms with Crippen LogP contribution in [0.3, 0.4) is 0 Å². The molecular weight excluding hydrogens is 210 g/mol. The Kier molecular flexibility index (Phi) is 4.48. The topological polar surface area (TPSA) is 91.7 Å². The minimum absolute atomic E-state index is 0.0388. The Labute approximate surface area is 94.0 Å². The molecule has 0 spiro atoms. The lowest BCUT2D eigenvalue weighted by Crippen LogP contribution is -2.31. The van der Waals surface area contributed by atoms with E-state index >= 15 is 0 Å². The van der Waals surface area contributed by atoms with E-state index in [4.69, 9.17) is 15.4 Å². The van der Waals surface area contributed by atoms with E-state index in [0.717, 1.165) is 0 Å². The summed E-state index contributed by atoms with van der Waals surface area (Å²) in [5.74, 6) is 5.27. The third kappa shape index (κ3) is 3.06. The number of hydrogen-bond acceptors (Lipinski definition) is 5. The summed E-state index contributed by atoms with van der Waals surface area (Å²) in [5, 5.41) is 8.96. The van der Waals surface area contributed by atoms with Crippen LogP contribution in [0.4, 0.5) is 0 Å². The summed E-state index contributed by atoms with van der Waals surface area (Å²) in [6.07, 6.45) is 1.36. The van der Waals surface area contributed by atoms with Crippen LogP contribution in [-0.2, 0) is 6.54 Å². The van der Waals surface area contributed by atoms with Gasteiger partial charge in [0, 0.05) is 6.04 Å². The molecule has 0 aliphatic carbocycles. The highest BCUT2D eigenvalue weighted by Crippen LogP contribution is 2.11. The first-order valence-electron chi connectivity index (χ1n) is 4.98. The summed E-state index contributed by atoms with van der Waals surface area (Å²) in [5.41, 5.74) is 2.42. The molecule has 0 aliphatic rings. The van der Waals surface area contributed by atoms with Crippen molar-refractivity contribution in [3.63, 3.8) is 0 Å². The Balaban J connectivity index is 2.61. The van der Waals surface area contributed by atoms with Crippen LogP contribution in [0.25, 0.3) is 0 Å². The molecule has 0 aromatic carbocycles. The Morgan fingerprint density at radius 2 is 2.44 bits per heavy atom. The van der Waals surface area contributed by atoms with Gasteiger partial charge in [0.25, 0.3) is 5.91 Å². The molecule has 0 saturated carbocycles. The van der Waals surface area contributed by atoms with E-state index in [1.807, 2.05) is 24.3 Å². The number of nitrogen functional groups attached to an aromatic ring is 1. The van der Waals surface area contributed by atoms with Crippen LogP contribution in [0.5, 0.6) is 0 Å². The molecule has 1 unspecified atom stereocenters. The van der Waals surface area contributed by atoms with Crippen molar-refractivity contribution in [2.45, 2.75) is 19.5 Å². The average molecular weight is 227 g/mol. The molecule has 90 valence electrons. The third-order valence-electron chi connectivity index (χ3n) is 2.47. The second kappa shape index (κ2) is 5.64. The lowest BCUT2D eigenvalue weighted by Gasteiger charge is -2.21. The van der Waals surface area contributed by atoms with Gasteiger partial charge in [-0.2, -0.15) is 0 Å². The van der Waals surface area contributed by atoms with Crippen molar-refractivity contribution in [2.24, 2.45) is 5.84 Å². The number of carbonyl (C=O) groups is 1. The highest BCUT2D eigenvalue weighted by Gasteiger charge is 2.13. The summed E-state index contributed by atoms with van der Waals surface area (Å²) in [4.78, 5) is 13.1. The molecule has 6 nitrogen and oxygen atoms in total. The van der Waals surface area contributed by atoms with E-state index in [9.17, 15) is 4.79 Å². The van der Waals surface area contributed by atoms with Crippen molar-refractivity contribution in [3.8, 4) is 0 Å². The van der Waals surface area contributed by atoms with Gasteiger partial charge in [0.15, 0.2) is 0 Å². The van der Waals surface area contributed by atoms with Crippen LogP contribution < -0.4 is 11.3 Å². The number of aliphatic hydroxyl groups is 1. The quantitative estimate of drug-likeness (QED) is 0.365. The van der Waals surface area contributed by atoms with Gasteiger partial charge in [-0.3, -0.25) is 15.1 Å². The van der Waals surface area contributed by atoms with Crippen LogP contribution in [-0.4, -0.2) is 35.6 Å². The lowest BCUT2D eigenvalue weighted by atomic mass is 10.2. The second-order valence-corrected chi connectivity index (χ2v) is 3.72. The van der Waals surface area contributed by atoms with Crippen molar-refractivity contribution in [1.82, 2.24) is 10.3 Å². The molecule has 1 aromatic rings. The molecular formula is C10H17N3O3. The molecule has 0 radical (unpaired) electrons. The standard InChI is InChI=1S/C10H17N3O3/c1-7(5-14)13(2)4-9-3-8(6-16-9)10(15)12-11/h3,6-7,14H,4-5,11H2,1-2H3,(H,12,15). The van der Waals surface area contributed by atoms with Crippen LogP contribution >= 0.6 is 0 Å². The maximum Gasteiger partial charge on any atom is 0.268 e. The van der Waals surface area contributed by atoms with Gasteiger partial charge in [0.05, 0.1) is 18.7 Å². The number of amides is 1. The average Bonchev–Trinajstić information content (AvgIpc) is 2.75. The van der Waals surface area contributed by atoms with Gasteiger partial charge in [-0.05, 0) is 20.0 Å². The normalized spacial score (nSPS) is 12.8. The molecule has 16 heavy (non-hydrogen) atoms. The molecule has 1 aromatic heterocycles. The fourth-order valence-electron chi connectivity index (χ4n) is 1.21. The van der Waals surface area contributed by atoms with Gasteiger partial charge in [-0.25, -0.2) is 5.84 Å². The van der Waals surface area contributed by atoms with E-state index in [-0.39, 0.29) is 18.6 Å². The Bertz CT molecular complexity index is 351. The monoisotopic (exact) mass is 227 g/mol. The number of nitrogens with one attached hydrogen (secondary N) is 1. The summed E-state index contributed by atoms with van der Waals surface area (Å²) >= 11 is 0. The Morgan fingerprint density at radius 3 is 3.00 bits per heavy atom. The zero-order chi connectivity index (χ0) is 12.1. The van der Waals surface area contributed by atoms with Crippen molar-refractivity contribution >= 4 is 5.91 Å². The molecule has 0 fully saturated rings. The number of hydrazine groups is 1. The summed E-state index contributed by atoms with van der Waals surface area (Å²) in [6.45, 7) is 2.50. The van der Waals surface area contributed by atoms with E-state index in [1.165, 1.54) is 6.26 Å². The van der Waals surface area contributed by atoms with E-state index in [0.29, 0.717) is 17.9 Å².